The molecule has 1 fully saturated rings. The summed E-state index contributed by atoms with van der Waals surface area (Å²) in [5.41, 5.74) is -0.389. The maximum atomic E-state index is 12.0. The lowest BCUT2D eigenvalue weighted by Gasteiger charge is -2.35. The van der Waals surface area contributed by atoms with E-state index >= 15 is 0 Å². The zero-order chi connectivity index (χ0) is 13.3. The van der Waals surface area contributed by atoms with Crippen molar-refractivity contribution in [1.82, 2.24) is 9.62 Å². The summed E-state index contributed by atoms with van der Waals surface area (Å²) in [5.74, 6) is 0.103. The van der Waals surface area contributed by atoms with Crippen molar-refractivity contribution >= 4 is 16.1 Å². The van der Waals surface area contributed by atoms with Crippen LogP contribution in [0, 0.1) is 5.41 Å². The van der Waals surface area contributed by atoms with Crippen LogP contribution in [0.25, 0.3) is 0 Å². The molecule has 1 aliphatic rings. The summed E-state index contributed by atoms with van der Waals surface area (Å²) in [6.07, 6.45) is 1.22. The van der Waals surface area contributed by atoms with Crippen molar-refractivity contribution in [2.24, 2.45) is 10.6 Å². The molecule has 1 aliphatic heterocycles. The third-order valence-electron chi connectivity index (χ3n) is 2.75. The minimum absolute atomic E-state index is 0.103. The van der Waals surface area contributed by atoms with Crippen LogP contribution in [0.15, 0.2) is 0 Å². The van der Waals surface area contributed by atoms with Gasteiger partial charge < -0.3 is 4.90 Å². The third-order valence-corrected chi connectivity index (χ3v) is 3.42. The summed E-state index contributed by atoms with van der Waals surface area (Å²) in [4.78, 5) is 13.8. The van der Waals surface area contributed by atoms with Gasteiger partial charge in [0.25, 0.3) is 10.2 Å². The normalized spacial score (nSPS) is 19.4. The molecule has 0 unspecified atom stereocenters. The number of nitrogens with zero attached hydrogens (tertiary/aromatic N) is 1. The molecule has 1 heterocycles. The number of amides is 1. The molecule has 1 rings (SSSR count). The smallest absolute Gasteiger partial charge is 0.274 e. The highest BCUT2D eigenvalue weighted by Crippen LogP contribution is 2.20. The van der Waals surface area contributed by atoms with Crippen molar-refractivity contribution in [3.05, 3.63) is 0 Å². The van der Waals surface area contributed by atoms with E-state index in [4.69, 9.17) is 5.14 Å². The molecule has 0 atom stereocenters. The first-order valence-electron chi connectivity index (χ1n) is 5.69. The van der Waals surface area contributed by atoms with Gasteiger partial charge in [-0.05, 0) is 12.8 Å². The summed E-state index contributed by atoms with van der Waals surface area (Å²) in [5, 5.41) is 4.91. The number of likely N-dealkylation sites (tertiary alicyclic amines) is 1. The molecule has 6 nitrogen and oxygen atoms in total. The van der Waals surface area contributed by atoms with Gasteiger partial charge in [0.15, 0.2) is 0 Å². The summed E-state index contributed by atoms with van der Waals surface area (Å²) in [6.45, 7) is 6.78. The maximum absolute atomic E-state index is 12.0. The van der Waals surface area contributed by atoms with E-state index in [0.29, 0.717) is 25.9 Å². The van der Waals surface area contributed by atoms with Crippen LogP contribution in [0.1, 0.15) is 33.6 Å². The Balaban J connectivity index is 2.49. The van der Waals surface area contributed by atoms with Gasteiger partial charge >= 0.3 is 0 Å². The number of nitrogens with two attached hydrogens (primary N) is 1. The molecular formula is C10H21N3O3S. The molecule has 0 aromatic rings. The van der Waals surface area contributed by atoms with Crippen LogP contribution < -0.4 is 9.86 Å². The van der Waals surface area contributed by atoms with E-state index in [1.54, 1.807) is 4.90 Å². The minimum Gasteiger partial charge on any atom is -0.342 e. The van der Waals surface area contributed by atoms with Gasteiger partial charge in [0.1, 0.15) is 0 Å². The first-order chi connectivity index (χ1) is 7.59. The van der Waals surface area contributed by atoms with E-state index < -0.39 is 10.2 Å². The number of hydrogen-bond acceptors (Lipinski definition) is 3. The lowest BCUT2D eigenvalue weighted by atomic mass is 9.93. The molecule has 0 aromatic heterocycles. The van der Waals surface area contributed by atoms with Gasteiger partial charge in [-0.3, -0.25) is 4.79 Å². The van der Waals surface area contributed by atoms with Crippen molar-refractivity contribution in [1.29, 1.82) is 0 Å². The zero-order valence-corrected chi connectivity index (χ0v) is 11.4. The molecule has 0 radical (unpaired) electrons. The quantitative estimate of drug-likeness (QED) is 0.723. The van der Waals surface area contributed by atoms with E-state index in [1.165, 1.54) is 0 Å². The Morgan fingerprint density at radius 2 is 1.76 bits per heavy atom. The van der Waals surface area contributed by atoms with E-state index in [2.05, 4.69) is 4.72 Å². The Morgan fingerprint density at radius 1 is 1.29 bits per heavy atom. The average Bonchev–Trinajstić information content (AvgIpc) is 2.14. The summed E-state index contributed by atoms with van der Waals surface area (Å²) < 4.78 is 24.1. The van der Waals surface area contributed by atoms with Gasteiger partial charge in [-0.1, -0.05) is 20.8 Å². The second-order valence-electron chi connectivity index (χ2n) is 5.48. The van der Waals surface area contributed by atoms with Gasteiger partial charge in [-0.2, -0.15) is 13.1 Å². The molecule has 17 heavy (non-hydrogen) atoms. The standard InChI is InChI=1S/C10H21N3O3S/c1-10(2,3)9(14)13-6-4-8(5-7-13)12-17(11,15)16/h8,12H,4-7H2,1-3H3,(H2,11,15,16). The SMILES string of the molecule is CC(C)(C)C(=O)N1CCC(NS(N)(=O)=O)CC1. The number of carbonyl (C=O) groups excluding carboxylic acids is 1. The second-order valence-corrected chi connectivity index (χ2v) is 6.81. The largest absolute Gasteiger partial charge is 0.342 e. The van der Waals surface area contributed by atoms with Gasteiger partial charge in [0, 0.05) is 24.5 Å². The van der Waals surface area contributed by atoms with Gasteiger partial charge in [-0.25, -0.2) is 5.14 Å². The molecule has 0 bridgehead atoms. The number of carbonyl (C=O) groups is 1. The lowest BCUT2D eigenvalue weighted by molar-refractivity contribution is -0.140. The predicted octanol–water partition coefficient (Wildman–Crippen LogP) is -0.183. The van der Waals surface area contributed by atoms with Crippen molar-refractivity contribution in [3.63, 3.8) is 0 Å². The van der Waals surface area contributed by atoms with Crippen molar-refractivity contribution in [2.75, 3.05) is 13.1 Å². The van der Waals surface area contributed by atoms with Crippen LogP contribution in [0.5, 0.6) is 0 Å². The molecule has 0 aromatic carbocycles. The van der Waals surface area contributed by atoms with Crippen LogP contribution in [0.2, 0.25) is 0 Å². The Hall–Kier alpha value is -0.660. The molecule has 0 aliphatic carbocycles. The molecule has 7 heteroatoms. The van der Waals surface area contributed by atoms with E-state index in [9.17, 15) is 13.2 Å². The van der Waals surface area contributed by atoms with E-state index in [0.717, 1.165) is 0 Å². The van der Waals surface area contributed by atoms with Gasteiger partial charge in [0.05, 0.1) is 0 Å². The van der Waals surface area contributed by atoms with Crippen LogP contribution in [-0.2, 0) is 15.0 Å². The van der Waals surface area contributed by atoms with Crippen molar-refractivity contribution in [2.45, 2.75) is 39.7 Å². The molecule has 1 amide bonds. The van der Waals surface area contributed by atoms with Gasteiger partial charge in [-0.15, -0.1) is 0 Å². The molecule has 0 saturated carbocycles. The van der Waals surface area contributed by atoms with E-state index in [-0.39, 0.29) is 17.4 Å². The fraction of sp³-hybridized carbons (Fsp3) is 0.900. The Morgan fingerprint density at radius 3 is 2.12 bits per heavy atom. The molecule has 1 saturated heterocycles. The number of hydrogen-bond donors (Lipinski definition) is 2. The Bertz CT molecular complexity index is 378. The molecule has 0 spiro atoms. The van der Waals surface area contributed by atoms with Crippen molar-refractivity contribution in [3.8, 4) is 0 Å². The highest BCUT2D eigenvalue weighted by Gasteiger charge is 2.30. The average molecular weight is 263 g/mol. The lowest BCUT2D eigenvalue weighted by Crippen LogP contribution is -2.50. The maximum Gasteiger partial charge on any atom is 0.274 e. The summed E-state index contributed by atoms with van der Waals surface area (Å²) in [7, 11) is -3.64. The number of nitrogens with one attached hydrogen (secondary N) is 1. The first-order valence-corrected chi connectivity index (χ1v) is 7.23. The zero-order valence-electron chi connectivity index (χ0n) is 10.6. The molecule has 3 N–H and O–H groups in total. The van der Waals surface area contributed by atoms with E-state index in [1.807, 2.05) is 20.8 Å². The monoisotopic (exact) mass is 263 g/mol. The number of rotatable bonds is 2. The molecular weight excluding hydrogens is 242 g/mol. The van der Waals surface area contributed by atoms with Crippen molar-refractivity contribution < 1.29 is 13.2 Å². The second kappa shape index (κ2) is 4.91. The Kier molecular flexibility index (Phi) is 4.16. The fourth-order valence-corrected chi connectivity index (χ4v) is 2.61. The predicted molar refractivity (Wildman–Crippen MR) is 65.3 cm³/mol. The third kappa shape index (κ3) is 4.61. The Labute approximate surface area is 103 Å². The highest BCUT2D eigenvalue weighted by molar-refractivity contribution is 7.87. The van der Waals surface area contributed by atoms with Crippen LogP contribution in [-0.4, -0.2) is 38.4 Å². The highest BCUT2D eigenvalue weighted by atomic mass is 32.2. The topological polar surface area (TPSA) is 92.5 Å². The van der Waals surface area contributed by atoms with Crippen LogP contribution >= 0.6 is 0 Å². The van der Waals surface area contributed by atoms with Gasteiger partial charge in [0.2, 0.25) is 5.91 Å². The fourth-order valence-electron chi connectivity index (χ4n) is 1.91. The summed E-state index contributed by atoms with van der Waals surface area (Å²) >= 11 is 0. The number of piperidine rings is 1. The molecule has 100 valence electrons. The van der Waals surface area contributed by atoms with Crippen LogP contribution in [0.3, 0.4) is 0 Å². The van der Waals surface area contributed by atoms with Crippen LogP contribution in [0.4, 0.5) is 0 Å². The summed E-state index contributed by atoms with van der Waals surface area (Å²) in [6, 6.07) is -0.158. The minimum atomic E-state index is -3.64. The first kappa shape index (κ1) is 14.4.